The highest BCUT2D eigenvalue weighted by molar-refractivity contribution is 6.32. The number of halogens is 1. The number of nitrogens with one attached hydrogen (secondary N) is 1. The minimum atomic E-state index is -0.527. The monoisotopic (exact) mass is 422 g/mol. The van der Waals surface area contributed by atoms with Crippen LogP contribution in [0.5, 0.6) is 11.5 Å². The number of hydrogen-bond donors (Lipinski definition) is 1. The molecule has 0 aliphatic carbocycles. The average molecular weight is 423 g/mol. The minimum absolute atomic E-state index is 0.175. The van der Waals surface area contributed by atoms with Crippen LogP contribution in [0.4, 0.5) is 5.82 Å². The molecule has 0 aliphatic rings. The van der Waals surface area contributed by atoms with Gasteiger partial charge >= 0.3 is 5.97 Å². The number of carbonyl (C=O) groups excluding carboxylic acids is 2. The van der Waals surface area contributed by atoms with Crippen LogP contribution in [0.15, 0.2) is 66.9 Å². The SMILES string of the molecule is CC(=O)Nc1cc(/C=C/c2ccc(OC(=O)COc3ccccc3Cl)cc2)ccn1. The second-order valence-electron chi connectivity index (χ2n) is 6.25. The van der Waals surface area contributed by atoms with E-state index in [1.165, 1.54) is 6.92 Å². The Morgan fingerprint density at radius 1 is 1.03 bits per heavy atom. The number of amides is 1. The van der Waals surface area contributed by atoms with Crippen LogP contribution in [0.25, 0.3) is 12.2 Å². The van der Waals surface area contributed by atoms with Crippen molar-refractivity contribution in [1.29, 1.82) is 0 Å². The number of hydrogen-bond acceptors (Lipinski definition) is 5. The van der Waals surface area contributed by atoms with E-state index in [0.29, 0.717) is 22.3 Å². The van der Waals surface area contributed by atoms with E-state index in [1.54, 1.807) is 48.7 Å². The second kappa shape index (κ2) is 10.2. The summed E-state index contributed by atoms with van der Waals surface area (Å²) >= 11 is 5.98. The Bertz CT molecular complexity index is 1060. The lowest BCUT2D eigenvalue weighted by atomic mass is 10.1. The highest BCUT2D eigenvalue weighted by Gasteiger charge is 2.08. The third-order valence-corrected chi connectivity index (χ3v) is 4.16. The molecule has 6 nitrogen and oxygen atoms in total. The molecule has 0 unspecified atom stereocenters. The van der Waals surface area contributed by atoms with Gasteiger partial charge in [-0.3, -0.25) is 4.79 Å². The van der Waals surface area contributed by atoms with Crippen molar-refractivity contribution in [3.8, 4) is 11.5 Å². The van der Waals surface area contributed by atoms with Crippen molar-refractivity contribution < 1.29 is 19.1 Å². The number of para-hydroxylation sites is 1. The van der Waals surface area contributed by atoms with E-state index in [9.17, 15) is 9.59 Å². The molecule has 152 valence electrons. The van der Waals surface area contributed by atoms with E-state index in [1.807, 2.05) is 30.4 Å². The smallest absolute Gasteiger partial charge is 0.349 e. The summed E-state index contributed by atoms with van der Waals surface area (Å²) in [4.78, 5) is 27.2. The number of nitrogens with zero attached hydrogens (tertiary/aromatic N) is 1. The Morgan fingerprint density at radius 3 is 2.50 bits per heavy atom. The van der Waals surface area contributed by atoms with Crippen molar-refractivity contribution in [2.45, 2.75) is 6.92 Å². The maximum atomic E-state index is 12.0. The molecule has 0 bridgehead atoms. The van der Waals surface area contributed by atoms with Gasteiger partial charge in [0.1, 0.15) is 17.3 Å². The molecular weight excluding hydrogens is 404 g/mol. The van der Waals surface area contributed by atoms with Crippen LogP contribution in [0.2, 0.25) is 5.02 Å². The summed E-state index contributed by atoms with van der Waals surface area (Å²) in [5.41, 5.74) is 1.81. The lowest BCUT2D eigenvalue weighted by Gasteiger charge is -2.08. The molecule has 1 aromatic heterocycles. The summed E-state index contributed by atoms with van der Waals surface area (Å²) in [6.07, 6.45) is 5.42. The molecule has 0 saturated carbocycles. The number of carbonyl (C=O) groups is 2. The Kier molecular flexibility index (Phi) is 7.19. The Balaban J connectivity index is 1.54. The molecule has 7 heteroatoms. The molecular formula is C23H19ClN2O4. The van der Waals surface area contributed by atoms with Crippen LogP contribution in [0.1, 0.15) is 18.1 Å². The van der Waals surface area contributed by atoms with E-state index in [4.69, 9.17) is 21.1 Å². The molecule has 0 radical (unpaired) electrons. The topological polar surface area (TPSA) is 77.5 Å². The number of pyridine rings is 1. The van der Waals surface area contributed by atoms with E-state index in [2.05, 4.69) is 10.3 Å². The summed E-state index contributed by atoms with van der Waals surface area (Å²) in [6, 6.07) is 17.5. The number of ether oxygens (including phenoxy) is 2. The summed E-state index contributed by atoms with van der Waals surface area (Å²) in [5.74, 6) is 0.628. The van der Waals surface area contributed by atoms with Gasteiger partial charge in [-0.1, -0.05) is 48.0 Å². The number of anilines is 1. The predicted octanol–water partition coefficient (Wildman–Crippen LogP) is 4.85. The number of aromatic nitrogens is 1. The van der Waals surface area contributed by atoms with Crippen molar-refractivity contribution in [3.05, 3.63) is 83.0 Å². The largest absolute Gasteiger partial charge is 0.480 e. The van der Waals surface area contributed by atoms with Crippen LogP contribution in [-0.4, -0.2) is 23.5 Å². The van der Waals surface area contributed by atoms with Gasteiger partial charge in [0.05, 0.1) is 5.02 Å². The molecule has 0 spiro atoms. The zero-order valence-electron chi connectivity index (χ0n) is 16.2. The molecule has 1 N–H and O–H groups in total. The van der Waals surface area contributed by atoms with Gasteiger partial charge in [-0.05, 0) is 47.5 Å². The van der Waals surface area contributed by atoms with E-state index >= 15 is 0 Å². The average Bonchev–Trinajstić information content (AvgIpc) is 2.72. The fraction of sp³-hybridized carbons (Fsp3) is 0.0870. The van der Waals surface area contributed by atoms with Gasteiger partial charge in [-0.2, -0.15) is 0 Å². The molecule has 2 aromatic carbocycles. The maximum absolute atomic E-state index is 12.0. The molecule has 3 rings (SSSR count). The molecule has 0 fully saturated rings. The third kappa shape index (κ3) is 6.46. The highest BCUT2D eigenvalue weighted by Crippen LogP contribution is 2.23. The predicted molar refractivity (Wildman–Crippen MR) is 116 cm³/mol. The van der Waals surface area contributed by atoms with Gasteiger partial charge in [0.25, 0.3) is 0 Å². The highest BCUT2D eigenvalue weighted by atomic mass is 35.5. The summed E-state index contributed by atoms with van der Waals surface area (Å²) in [7, 11) is 0. The van der Waals surface area contributed by atoms with E-state index in [-0.39, 0.29) is 12.5 Å². The normalized spacial score (nSPS) is 10.6. The Labute approximate surface area is 179 Å². The van der Waals surface area contributed by atoms with Gasteiger partial charge in [-0.15, -0.1) is 0 Å². The lowest BCUT2D eigenvalue weighted by Crippen LogP contribution is -2.17. The number of esters is 1. The van der Waals surface area contributed by atoms with Crippen molar-refractivity contribution in [2.24, 2.45) is 0 Å². The molecule has 1 amide bonds. The van der Waals surface area contributed by atoms with Crippen molar-refractivity contribution >= 4 is 41.4 Å². The fourth-order valence-electron chi connectivity index (χ4n) is 2.50. The van der Waals surface area contributed by atoms with Crippen LogP contribution < -0.4 is 14.8 Å². The van der Waals surface area contributed by atoms with Crippen molar-refractivity contribution in [1.82, 2.24) is 4.98 Å². The number of benzene rings is 2. The Morgan fingerprint density at radius 2 is 1.77 bits per heavy atom. The lowest BCUT2D eigenvalue weighted by molar-refractivity contribution is -0.136. The van der Waals surface area contributed by atoms with Gasteiger partial charge in [0.2, 0.25) is 5.91 Å². The van der Waals surface area contributed by atoms with Crippen LogP contribution in [0, 0.1) is 0 Å². The quantitative estimate of drug-likeness (QED) is 0.435. The first kappa shape index (κ1) is 21.1. The molecule has 1 heterocycles. The first-order chi connectivity index (χ1) is 14.5. The molecule has 0 atom stereocenters. The molecule has 3 aromatic rings. The Hall–Kier alpha value is -3.64. The fourth-order valence-corrected chi connectivity index (χ4v) is 2.69. The third-order valence-electron chi connectivity index (χ3n) is 3.85. The van der Waals surface area contributed by atoms with Gasteiger partial charge in [-0.25, -0.2) is 9.78 Å². The standard InChI is InChI=1S/C23H19ClN2O4/c1-16(27)26-22-14-18(12-13-25-22)7-6-17-8-10-19(11-9-17)30-23(28)15-29-21-5-3-2-4-20(21)24/h2-14H,15H2,1H3,(H,25,26,27)/b7-6+. The van der Waals surface area contributed by atoms with Gasteiger partial charge in [0.15, 0.2) is 6.61 Å². The second-order valence-corrected chi connectivity index (χ2v) is 6.66. The summed E-state index contributed by atoms with van der Waals surface area (Å²) in [6.45, 7) is 1.19. The zero-order valence-corrected chi connectivity index (χ0v) is 16.9. The first-order valence-corrected chi connectivity index (χ1v) is 9.47. The van der Waals surface area contributed by atoms with Crippen molar-refractivity contribution in [2.75, 3.05) is 11.9 Å². The van der Waals surface area contributed by atoms with E-state index < -0.39 is 5.97 Å². The summed E-state index contributed by atoms with van der Waals surface area (Å²) in [5, 5.41) is 3.07. The summed E-state index contributed by atoms with van der Waals surface area (Å²) < 4.78 is 10.6. The number of rotatable bonds is 7. The maximum Gasteiger partial charge on any atom is 0.349 e. The zero-order chi connectivity index (χ0) is 21.3. The first-order valence-electron chi connectivity index (χ1n) is 9.09. The van der Waals surface area contributed by atoms with Crippen LogP contribution in [0.3, 0.4) is 0 Å². The van der Waals surface area contributed by atoms with Gasteiger partial charge < -0.3 is 14.8 Å². The molecule has 30 heavy (non-hydrogen) atoms. The molecule has 0 aliphatic heterocycles. The van der Waals surface area contributed by atoms with E-state index in [0.717, 1.165) is 11.1 Å². The minimum Gasteiger partial charge on any atom is -0.480 e. The van der Waals surface area contributed by atoms with Crippen molar-refractivity contribution in [3.63, 3.8) is 0 Å². The van der Waals surface area contributed by atoms with Gasteiger partial charge in [0, 0.05) is 13.1 Å². The molecule has 0 saturated heterocycles. The van der Waals surface area contributed by atoms with Crippen LogP contribution >= 0.6 is 11.6 Å². The van der Waals surface area contributed by atoms with Crippen LogP contribution in [-0.2, 0) is 9.59 Å².